The lowest BCUT2D eigenvalue weighted by Crippen LogP contribution is -2.26. The number of piperidine rings is 1. The van der Waals surface area contributed by atoms with E-state index in [2.05, 4.69) is 15.3 Å². The Labute approximate surface area is 149 Å². The molecule has 0 aliphatic carbocycles. The van der Waals surface area contributed by atoms with Gasteiger partial charge in [0.15, 0.2) is 0 Å². The molecule has 3 heterocycles. The van der Waals surface area contributed by atoms with Crippen molar-refractivity contribution in [1.29, 1.82) is 0 Å². The van der Waals surface area contributed by atoms with E-state index in [9.17, 15) is 4.39 Å². The van der Waals surface area contributed by atoms with Crippen LogP contribution in [0.25, 0.3) is 21.8 Å². The van der Waals surface area contributed by atoms with Gasteiger partial charge < -0.3 is 11.1 Å². The van der Waals surface area contributed by atoms with Crippen LogP contribution in [0.4, 0.5) is 10.3 Å². The Bertz CT molecular complexity index is 871. The van der Waals surface area contributed by atoms with Gasteiger partial charge in [-0.3, -0.25) is 0 Å². The van der Waals surface area contributed by atoms with Crippen molar-refractivity contribution in [3.05, 3.63) is 47.4 Å². The average molecular weight is 355 g/mol. The molecule has 0 saturated carbocycles. The summed E-state index contributed by atoms with van der Waals surface area (Å²) in [7, 11) is 0. The highest BCUT2D eigenvalue weighted by Gasteiger charge is 2.23. The van der Waals surface area contributed by atoms with Crippen molar-refractivity contribution in [2.45, 2.75) is 18.8 Å². The molecular weight excluding hydrogens is 337 g/mol. The topological polar surface area (TPSA) is 76.7 Å². The van der Waals surface area contributed by atoms with Crippen LogP contribution in [0.1, 0.15) is 23.8 Å². The lowest BCUT2D eigenvalue weighted by atomic mass is 9.99. The van der Waals surface area contributed by atoms with Crippen molar-refractivity contribution in [2.24, 2.45) is 0 Å². The summed E-state index contributed by atoms with van der Waals surface area (Å²) in [6.07, 6.45) is 3.79. The minimum atomic E-state index is -0.259. The molecule has 1 aliphatic rings. The van der Waals surface area contributed by atoms with Crippen molar-refractivity contribution in [3.8, 4) is 21.8 Å². The Morgan fingerprint density at radius 1 is 1.08 bits per heavy atom. The minimum Gasteiger partial charge on any atom is -0.368 e. The Morgan fingerprint density at radius 2 is 1.84 bits per heavy atom. The first-order valence-electron chi connectivity index (χ1n) is 8.27. The van der Waals surface area contributed by atoms with Gasteiger partial charge in [0.1, 0.15) is 5.82 Å². The molecule has 0 atom stereocenters. The Morgan fingerprint density at radius 3 is 2.56 bits per heavy atom. The molecule has 5 nitrogen and oxygen atoms in total. The maximum absolute atomic E-state index is 13.3. The van der Waals surface area contributed by atoms with Gasteiger partial charge in [0, 0.05) is 17.7 Å². The number of nitrogens with zero attached hydrogens (tertiary/aromatic N) is 3. The van der Waals surface area contributed by atoms with Crippen LogP contribution in [0.2, 0.25) is 0 Å². The maximum Gasteiger partial charge on any atom is 0.220 e. The van der Waals surface area contributed by atoms with E-state index in [-0.39, 0.29) is 11.8 Å². The van der Waals surface area contributed by atoms with Gasteiger partial charge in [-0.25, -0.2) is 19.3 Å². The van der Waals surface area contributed by atoms with E-state index >= 15 is 0 Å². The van der Waals surface area contributed by atoms with Gasteiger partial charge in [0.05, 0.1) is 21.3 Å². The maximum atomic E-state index is 13.3. The zero-order valence-corrected chi connectivity index (χ0v) is 14.4. The van der Waals surface area contributed by atoms with E-state index in [1.54, 1.807) is 29.7 Å². The van der Waals surface area contributed by atoms with Crippen LogP contribution in [0, 0.1) is 5.82 Å². The molecule has 0 radical (unpaired) electrons. The summed E-state index contributed by atoms with van der Waals surface area (Å²) >= 11 is 1.65. The molecule has 2 aromatic heterocycles. The van der Waals surface area contributed by atoms with Crippen LogP contribution in [0.5, 0.6) is 0 Å². The van der Waals surface area contributed by atoms with Gasteiger partial charge in [0.25, 0.3) is 0 Å². The van der Waals surface area contributed by atoms with Crippen LogP contribution in [-0.4, -0.2) is 28.0 Å². The number of nitrogens with one attached hydrogen (secondary N) is 1. The standard InChI is InChI=1S/C18H18FN5S/c19-13-3-1-11(2-4-13)15-16(14-7-10-22-18(20)23-14)25-17(24-15)12-5-8-21-9-6-12/h1-4,7,10,12,21H,5-6,8-9H2,(H2,20,22,23). The van der Waals surface area contributed by atoms with Gasteiger partial charge in [0.2, 0.25) is 5.95 Å². The highest BCUT2D eigenvalue weighted by Crippen LogP contribution is 2.40. The number of thiazole rings is 1. The number of hydrogen-bond donors (Lipinski definition) is 2. The minimum absolute atomic E-state index is 0.236. The van der Waals surface area contributed by atoms with Gasteiger partial charge in [-0.15, -0.1) is 11.3 Å². The fraction of sp³-hybridized carbons (Fsp3) is 0.278. The van der Waals surface area contributed by atoms with Gasteiger partial charge in [-0.1, -0.05) is 0 Å². The molecule has 1 fully saturated rings. The van der Waals surface area contributed by atoms with Crippen molar-refractivity contribution >= 4 is 17.3 Å². The van der Waals surface area contributed by atoms with E-state index < -0.39 is 0 Å². The van der Waals surface area contributed by atoms with E-state index in [0.717, 1.165) is 52.8 Å². The monoisotopic (exact) mass is 355 g/mol. The number of nitrogen functional groups attached to an aromatic ring is 1. The molecule has 0 spiro atoms. The van der Waals surface area contributed by atoms with Crippen LogP contribution in [0.15, 0.2) is 36.5 Å². The predicted molar refractivity (Wildman–Crippen MR) is 97.8 cm³/mol. The number of nitrogens with two attached hydrogens (primary N) is 1. The molecule has 1 saturated heterocycles. The van der Waals surface area contributed by atoms with E-state index in [1.807, 2.05) is 6.07 Å². The molecular formula is C18H18FN5S. The lowest BCUT2D eigenvalue weighted by Gasteiger charge is -2.20. The molecule has 3 aromatic rings. The number of halogens is 1. The average Bonchev–Trinajstić information content (AvgIpc) is 3.08. The molecule has 0 amide bonds. The molecule has 128 valence electrons. The van der Waals surface area contributed by atoms with Crippen LogP contribution in [0.3, 0.4) is 0 Å². The quantitative estimate of drug-likeness (QED) is 0.752. The number of aromatic nitrogens is 3. The molecule has 1 aliphatic heterocycles. The smallest absolute Gasteiger partial charge is 0.220 e. The van der Waals surface area contributed by atoms with E-state index in [0.29, 0.717) is 5.92 Å². The summed E-state index contributed by atoms with van der Waals surface area (Å²) in [5.41, 5.74) is 8.22. The largest absolute Gasteiger partial charge is 0.368 e. The van der Waals surface area contributed by atoms with Crippen LogP contribution < -0.4 is 11.1 Å². The third-order valence-corrected chi connectivity index (χ3v) is 5.60. The van der Waals surface area contributed by atoms with E-state index in [1.165, 1.54) is 12.1 Å². The zero-order chi connectivity index (χ0) is 17.2. The van der Waals surface area contributed by atoms with Crippen molar-refractivity contribution in [1.82, 2.24) is 20.3 Å². The molecule has 0 unspecified atom stereocenters. The summed E-state index contributed by atoms with van der Waals surface area (Å²) in [6.45, 7) is 2.01. The van der Waals surface area contributed by atoms with Crippen LogP contribution in [-0.2, 0) is 0 Å². The summed E-state index contributed by atoms with van der Waals surface area (Å²) in [6, 6.07) is 8.26. The third-order valence-electron chi connectivity index (χ3n) is 4.36. The first kappa shape index (κ1) is 16.1. The second kappa shape index (κ2) is 6.85. The second-order valence-electron chi connectivity index (χ2n) is 6.06. The fourth-order valence-electron chi connectivity index (χ4n) is 3.06. The highest BCUT2D eigenvalue weighted by atomic mass is 32.1. The molecule has 4 rings (SSSR count). The molecule has 1 aromatic carbocycles. The molecule has 25 heavy (non-hydrogen) atoms. The number of hydrogen-bond acceptors (Lipinski definition) is 6. The summed E-state index contributed by atoms with van der Waals surface area (Å²) in [5, 5.41) is 4.49. The predicted octanol–water partition coefficient (Wildman–Crippen LogP) is 3.46. The normalized spacial score (nSPS) is 15.4. The number of benzene rings is 1. The van der Waals surface area contributed by atoms with Gasteiger partial charge in [-0.05, 0) is 56.3 Å². The first-order chi connectivity index (χ1) is 12.2. The number of anilines is 1. The Hall–Kier alpha value is -2.38. The van der Waals surface area contributed by atoms with E-state index in [4.69, 9.17) is 10.7 Å². The van der Waals surface area contributed by atoms with Crippen molar-refractivity contribution in [3.63, 3.8) is 0 Å². The van der Waals surface area contributed by atoms with Gasteiger partial charge in [-0.2, -0.15) is 0 Å². The summed E-state index contributed by atoms with van der Waals surface area (Å²) < 4.78 is 13.3. The Kier molecular flexibility index (Phi) is 4.42. The SMILES string of the molecule is Nc1nccc(-c2sc(C3CCNCC3)nc2-c2ccc(F)cc2)n1. The third kappa shape index (κ3) is 3.38. The Balaban J connectivity index is 1.82. The number of rotatable bonds is 3. The zero-order valence-electron chi connectivity index (χ0n) is 13.6. The fourth-order valence-corrected chi connectivity index (χ4v) is 4.28. The molecule has 0 bridgehead atoms. The molecule has 3 N–H and O–H groups in total. The summed E-state index contributed by atoms with van der Waals surface area (Å²) in [4.78, 5) is 14.2. The van der Waals surface area contributed by atoms with Crippen molar-refractivity contribution in [2.75, 3.05) is 18.8 Å². The van der Waals surface area contributed by atoms with Crippen molar-refractivity contribution < 1.29 is 4.39 Å². The molecule has 7 heteroatoms. The first-order valence-corrected chi connectivity index (χ1v) is 9.08. The second-order valence-corrected chi connectivity index (χ2v) is 7.09. The van der Waals surface area contributed by atoms with Crippen LogP contribution >= 0.6 is 11.3 Å². The summed E-state index contributed by atoms with van der Waals surface area (Å²) in [5.74, 6) is 0.420. The van der Waals surface area contributed by atoms with Gasteiger partial charge >= 0.3 is 0 Å². The lowest BCUT2D eigenvalue weighted by molar-refractivity contribution is 0.459. The highest BCUT2D eigenvalue weighted by molar-refractivity contribution is 7.15.